The molecule has 1 aliphatic carbocycles. The molecule has 150 valence electrons. The number of pyridine rings is 2. The highest BCUT2D eigenvalue weighted by atomic mass is 16.2. The molecule has 0 unspecified atom stereocenters. The Morgan fingerprint density at radius 1 is 1.17 bits per heavy atom. The zero-order valence-electron chi connectivity index (χ0n) is 16.4. The van der Waals surface area contributed by atoms with Crippen molar-refractivity contribution < 1.29 is 9.59 Å². The highest BCUT2D eigenvalue weighted by molar-refractivity contribution is 6.07. The summed E-state index contributed by atoms with van der Waals surface area (Å²) in [6, 6.07) is 5.80. The molecule has 0 bridgehead atoms. The van der Waals surface area contributed by atoms with Gasteiger partial charge < -0.3 is 15.5 Å². The van der Waals surface area contributed by atoms with Gasteiger partial charge in [-0.25, -0.2) is 4.98 Å². The zero-order chi connectivity index (χ0) is 20.0. The molecule has 5 rings (SSSR count). The summed E-state index contributed by atoms with van der Waals surface area (Å²) in [5, 5.41) is 5.59. The summed E-state index contributed by atoms with van der Waals surface area (Å²) in [6.07, 6.45) is 5.52. The van der Waals surface area contributed by atoms with E-state index >= 15 is 0 Å². The van der Waals surface area contributed by atoms with E-state index in [2.05, 4.69) is 36.5 Å². The smallest absolute Gasteiger partial charge is 0.269 e. The molecule has 2 N–H and O–H groups in total. The van der Waals surface area contributed by atoms with Crippen LogP contribution in [0.4, 0.5) is 11.4 Å². The van der Waals surface area contributed by atoms with E-state index in [-0.39, 0.29) is 17.2 Å². The number of nitrogens with one attached hydrogen (secondary N) is 2. The lowest BCUT2D eigenvalue weighted by atomic mass is 10.0. The highest BCUT2D eigenvalue weighted by Gasteiger charge is 2.57. The van der Waals surface area contributed by atoms with Gasteiger partial charge in [-0.2, -0.15) is 0 Å². The van der Waals surface area contributed by atoms with Gasteiger partial charge >= 0.3 is 0 Å². The standard InChI is InChI=1S/C21H24N6O2/c1-22-19(28)16-3-2-15(12-23-16)27-8-6-26(7-9-27)13-14-10-17-18(24-11-14)21(4-5-21)20(29)25-17/h2-3,10-12H,4-9,13H2,1H3,(H,22,28)(H,25,29). The van der Waals surface area contributed by atoms with Crippen LogP contribution in [0.15, 0.2) is 30.6 Å². The van der Waals surface area contributed by atoms with E-state index in [0.29, 0.717) is 5.69 Å². The monoisotopic (exact) mass is 392 g/mol. The molecule has 4 heterocycles. The van der Waals surface area contributed by atoms with Crippen molar-refractivity contribution in [1.29, 1.82) is 0 Å². The van der Waals surface area contributed by atoms with E-state index in [9.17, 15) is 9.59 Å². The maximum atomic E-state index is 12.2. The Bertz CT molecular complexity index is 962. The largest absolute Gasteiger partial charge is 0.368 e. The number of amides is 2. The highest BCUT2D eigenvalue weighted by Crippen LogP contribution is 2.54. The quantitative estimate of drug-likeness (QED) is 0.811. The van der Waals surface area contributed by atoms with Crippen LogP contribution < -0.4 is 15.5 Å². The predicted octanol–water partition coefficient (Wildman–Crippen LogP) is 1.14. The van der Waals surface area contributed by atoms with Crippen LogP contribution in [0.5, 0.6) is 0 Å². The fraction of sp³-hybridized carbons (Fsp3) is 0.429. The molecule has 1 saturated carbocycles. The Hall–Kier alpha value is -3.00. The molecular formula is C21H24N6O2. The summed E-state index contributed by atoms with van der Waals surface area (Å²) in [5.41, 5.74) is 4.11. The van der Waals surface area contributed by atoms with Gasteiger partial charge in [0.1, 0.15) is 5.69 Å². The first-order chi connectivity index (χ1) is 14.1. The Labute approximate surface area is 169 Å². The average molecular weight is 392 g/mol. The minimum absolute atomic E-state index is 0.113. The van der Waals surface area contributed by atoms with Gasteiger partial charge in [0.2, 0.25) is 5.91 Å². The number of fused-ring (bicyclic) bond motifs is 2. The van der Waals surface area contributed by atoms with Gasteiger partial charge in [0.25, 0.3) is 5.91 Å². The van der Waals surface area contributed by atoms with Crippen LogP contribution in [0.2, 0.25) is 0 Å². The molecular weight excluding hydrogens is 368 g/mol. The first-order valence-electron chi connectivity index (χ1n) is 10.1. The molecule has 2 aliphatic heterocycles. The molecule has 2 amide bonds. The van der Waals surface area contributed by atoms with Crippen LogP contribution in [0, 0.1) is 0 Å². The van der Waals surface area contributed by atoms with Crippen LogP contribution >= 0.6 is 0 Å². The second-order valence-electron chi connectivity index (χ2n) is 8.02. The van der Waals surface area contributed by atoms with Gasteiger partial charge in [0, 0.05) is 46.0 Å². The van der Waals surface area contributed by atoms with Crippen molar-refractivity contribution in [2.24, 2.45) is 0 Å². The van der Waals surface area contributed by atoms with Gasteiger partial charge in [0.05, 0.1) is 28.7 Å². The van der Waals surface area contributed by atoms with Gasteiger partial charge in [-0.05, 0) is 36.6 Å². The van der Waals surface area contributed by atoms with Gasteiger partial charge in [-0.1, -0.05) is 0 Å². The van der Waals surface area contributed by atoms with Gasteiger partial charge in [-0.15, -0.1) is 0 Å². The van der Waals surface area contributed by atoms with Crippen LogP contribution in [0.25, 0.3) is 0 Å². The maximum absolute atomic E-state index is 12.2. The number of piperazine rings is 1. The van der Waals surface area contributed by atoms with Crippen LogP contribution in [0.1, 0.15) is 34.6 Å². The van der Waals surface area contributed by atoms with Crippen LogP contribution in [-0.4, -0.2) is 59.9 Å². The molecule has 2 aromatic heterocycles. The lowest BCUT2D eigenvalue weighted by Crippen LogP contribution is -2.46. The second kappa shape index (κ2) is 6.81. The zero-order valence-corrected chi connectivity index (χ0v) is 16.4. The average Bonchev–Trinajstić information content (AvgIpc) is 3.51. The van der Waals surface area contributed by atoms with E-state index in [1.807, 2.05) is 12.3 Å². The first-order valence-corrected chi connectivity index (χ1v) is 10.1. The summed E-state index contributed by atoms with van der Waals surface area (Å²) in [4.78, 5) is 37.4. The topological polar surface area (TPSA) is 90.5 Å². The van der Waals surface area contributed by atoms with Crippen molar-refractivity contribution in [3.63, 3.8) is 0 Å². The van der Waals surface area contributed by atoms with Crippen molar-refractivity contribution in [3.8, 4) is 0 Å². The summed E-state index contributed by atoms with van der Waals surface area (Å²) < 4.78 is 0. The molecule has 0 aromatic carbocycles. The lowest BCUT2D eigenvalue weighted by molar-refractivity contribution is -0.117. The third-order valence-corrected chi connectivity index (χ3v) is 6.18. The van der Waals surface area contributed by atoms with E-state index in [4.69, 9.17) is 0 Å². The molecule has 1 spiro atoms. The van der Waals surface area contributed by atoms with Gasteiger partial charge in [-0.3, -0.25) is 19.5 Å². The lowest BCUT2D eigenvalue weighted by Gasteiger charge is -2.36. The molecule has 0 radical (unpaired) electrons. The summed E-state index contributed by atoms with van der Waals surface area (Å²) >= 11 is 0. The number of rotatable bonds is 4. The van der Waals surface area contributed by atoms with E-state index in [1.165, 1.54) is 0 Å². The van der Waals surface area contributed by atoms with Crippen molar-refractivity contribution in [1.82, 2.24) is 20.2 Å². The van der Waals surface area contributed by atoms with E-state index in [0.717, 1.165) is 68.2 Å². The molecule has 0 atom stereocenters. The van der Waals surface area contributed by atoms with Crippen molar-refractivity contribution in [3.05, 3.63) is 47.5 Å². The van der Waals surface area contributed by atoms with Crippen LogP contribution in [-0.2, 0) is 16.8 Å². The number of carbonyl (C=O) groups excluding carboxylic acids is 2. The van der Waals surface area contributed by atoms with Crippen molar-refractivity contribution in [2.45, 2.75) is 24.8 Å². The normalized spacial score (nSPS) is 19.8. The number of aromatic nitrogens is 2. The molecule has 2 aromatic rings. The molecule has 29 heavy (non-hydrogen) atoms. The Morgan fingerprint density at radius 3 is 2.62 bits per heavy atom. The Morgan fingerprint density at radius 2 is 1.97 bits per heavy atom. The number of hydrogen-bond donors (Lipinski definition) is 2. The second-order valence-corrected chi connectivity index (χ2v) is 8.02. The summed E-state index contributed by atoms with van der Waals surface area (Å²) in [7, 11) is 1.60. The molecule has 2 fully saturated rings. The third kappa shape index (κ3) is 3.13. The summed E-state index contributed by atoms with van der Waals surface area (Å²) in [6.45, 7) is 4.50. The Kier molecular flexibility index (Phi) is 4.24. The number of anilines is 2. The molecule has 1 saturated heterocycles. The third-order valence-electron chi connectivity index (χ3n) is 6.18. The fourth-order valence-corrected chi connectivity index (χ4v) is 4.27. The number of carbonyl (C=O) groups is 2. The van der Waals surface area contributed by atoms with E-state index in [1.54, 1.807) is 19.3 Å². The molecule has 8 nitrogen and oxygen atoms in total. The predicted molar refractivity (Wildman–Crippen MR) is 109 cm³/mol. The summed E-state index contributed by atoms with van der Waals surface area (Å²) in [5.74, 6) is -0.0602. The van der Waals surface area contributed by atoms with E-state index < -0.39 is 0 Å². The Balaban J connectivity index is 1.19. The fourth-order valence-electron chi connectivity index (χ4n) is 4.27. The SMILES string of the molecule is CNC(=O)c1ccc(N2CCN(Cc3cnc4c(c3)NC(=O)C43CC3)CC2)cn1. The first kappa shape index (κ1) is 18.1. The molecule has 3 aliphatic rings. The maximum Gasteiger partial charge on any atom is 0.269 e. The van der Waals surface area contributed by atoms with Gasteiger partial charge in [0.15, 0.2) is 0 Å². The minimum atomic E-state index is -0.319. The van der Waals surface area contributed by atoms with Crippen molar-refractivity contribution >= 4 is 23.2 Å². The minimum Gasteiger partial charge on any atom is -0.368 e. The molecule has 8 heteroatoms. The van der Waals surface area contributed by atoms with Crippen molar-refractivity contribution in [2.75, 3.05) is 43.4 Å². The van der Waals surface area contributed by atoms with Crippen LogP contribution in [0.3, 0.4) is 0 Å². The number of hydrogen-bond acceptors (Lipinski definition) is 6. The number of nitrogens with zero attached hydrogens (tertiary/aromatic N) is 4.